The number of carbonyl (C=O) groups excluding carboxylic acids is 1. The number of anilines is 1. The lowest BCUT2D eigenvalue weighted by molar-refractivity contribution is 0.102. The lowest BCUT2D eigenvalue weighted by Crippen LogP contribution is -2.34. The molecule has 0 spiro atoms. The van der Waals surface area contributed by atoms with E-state index in [2.05, 4.69) is 25.6 Å². The summed E-state index contributed by atoms with van der Waals surface area (Å²) in [4.78, 5) is 15.0. The van der Waals surface area contributed by atoms with Gasteiger partial charge in [-0.2, -0.15) is 5.10 Å². The van der Waals surface area contributed by atoms with Crippen molar-refractivity contribution in [2.75, 3.05) is 25.5 Å². The van der Waals surface area contributed by atoms with Gasteiger partial charge in [0.15, 0.2) is 5.76 Å². The second kappa shape index (κ2) is 8.48. The fourth-order valence-electron chi connectivity index (χ4n) is 3.79. The number of ether oxygens (including phenoxy) is 1. The van der Waals surface area contributed by atoms with Gasteiger partial charge in [-0.15, -0.1) is 0 Å². The third-order valence-electron chi connectivity index (χ3n) is 5.24. The van der Waals surface area contributed by atoms with Crippen molar-refractivity contribution in [3.63, 3.8) is 0 Å². The van der Waals surface area contributed by atoms with Crippen molar-refractivity contribution in [3.05, 3.63) is 59.2 Å². The first-order valence-corrected chi connectivity index (χ1v) is 9.75. The maximum atomic E-state index is 12.6. The molecule has 1 aliphatic heterocycles. The molecule has 1 amide bonds. The van der Waals surface area contributed by atoms with Gasteiger partial charge in [0.25, 0.3) is 5.91 Å². The summed E-state index contributed by atoms with van der Waals surface area (Å²) in [5, 5.41) is 14.2. The van der Waals surface area contributed by atoms with Gasteiger partial charge in [0.1, 0.15) is 5.75 Å². The normalized spacial score (nSPS) is 17.2. The second-order valence-electron chi connectivity index (χ2n) is 7.39. The van der Waals surface area contributed by atoms with Crippen molar-refractivity contribution >= 4 is 11.6 Å². The van der Waals surface area contributed by atoms with Crippen LogP contribution in [0.15, 0.2) is 41.1 Å². The van der Waals surface area contributed by atoms with Crippen molar-refractivity contribution in [2.24, 2.45) is 0 Å². The fraction of sp³-hybridized carbons (Fsp3) is 0.381. The van der Waals surface area contributed by atoms with Gasteiger partial charge in [0.2, 0.25) is 0 Å². The SMILES string of the molecule is COc1ccc(C(=O)Nc2cn[nH]c2[C@H]2CCCN(Cc3cc(C)no3)C2)cc1. The summed E-state index contributed by atoms with van der Waals surface area (Å²) in [7, 11) is 1.60. The van der Waals surface area contributed by atoms with E-state index in [4.69, 9.17) is 9.26 Å². The zero-order valence-electron chi connectivity index (χ0n) is 16.6. The first kappa shape index (κ1) is 19.2. The average Bonchev–Trinajstić information content (AvgIpc) is 3.37. The number of methoxy groups -OCH3 is 1. The number of piperidine rings is 1. The molecule has 0 bridgehead atoms. The highest BCUT2D eigenvalue weighted by Gasteiger charge is 2.26. The summed E-state index contributed by atoms with van der Waals surface area (Å²) in [6.45, 7) is 4.54. The van der Waals surface area contributed by atoms with Crippen molar-refractivity contribution in [1.82, 2.24) is 20.3 Å². The summed E-state index contributed by atoms with van der Waals surface area (Å²) in [6.07, 6.45) is 3.79. The van der Waals surface area contributed by atoms with E-state index < -0.39 is 0 Å². The Morgan fingerprint density at radius 3 is 2.93 bits per heavy atom. The molecular weight excluding hydrogens is 370 g/mol. The number of carbonyl (C=O) groups is 1. The Morgan fingerprint density at radius 2 is 2.21 bits per heavy atom. The molecule has 1 atom stereocenters. The van der Waals surface area contributed by atoms with Crippen LogP contribution in [0.2, 0.25) is 0 Å². The minimum Gasteiger partial charge on any atom is -0.497 e. The van der Waals surface area contributed by atoms with Crippen LogP contribution < -0.4 is 10.1 Å². The molecule has 3 aromatic rings. The first-order chi connectivity index (χ1) is 14.1. The van der Waals surface area contributed by atoms with Crippen LogP contribution in [-0.4, -0.2) is 46.4 Å². The molecule has 152 valence electrons. The van der Waals surface area contributed by atoms with Crippen molar-refractivity contribution in [3.8, 4) is 5.75 Å². The van der Waals surface area contributed by atoms with Gasteiger partial charge in [-0.1, -0.05) is 5.16 Å². The lowest BCUT2D eigenvalue weighted by atomic mass is 9.94. The molecule has 0 saturated carbocycles. The molecule has 29 heavy (non-hydrogen) atoms. The molecule has 4 rings (SSSR count). The zero-order chi connectivity index (χ0) is 20.2. The Kier molecular flexibility index (Phi) is 5.62. The van der Waals surface area contributed by atoms with E-state index in [9.17, 15) is 4.79 Å². The van der Waals surface area contributed by atoms with Gasteiger partial charge in [0.05, 0.1) is 36.9 Å². The van der Waals surface area contributed by atoms with Crippen LogP contribution in [0.3, 0.4) is 0 Å². The van der Waals surface area contributed by atoms with Crippen LogP contribution in [0.5, 0.6) is 5.75 Å². The van der Waals surface area contributed by atoms with Gasteiger partial charge in [0, 0.05) is 24.1 Å². The number of H-pyrrole nitrogens is 1. The highest BCUT2D eigenvalue weighted by atomic mass is 16.5. The quantitative estimate of drug-likeness (QED) is 0.664. The van der Waals surface area contributed by atoms with Crippen molar-refractivity contribution in [2.45, 2.75) is 32.2 Å². The van der Waals surface area contributed by atoms with Gasteiger partial charge < -0.3 is 14.6 Å². The molecule has 0 unspecified atom stereocenters. The van der Waals surface area contributed by atoms with Crippen LogP contribution in [0.25, 0.3) is 0 Å². The van der Waals surface area contributed by atoms with Gasteiger partial charge >= 0.3 is 0 Å². The molecule has 1 saturated heterocycles. The predicted molar refractivity (Wildman–Crippen MR) is 108 cm³/mol. The number of aryl methyl sites for hydroxylation is 1. The van der Waals surface area contributed by atoms with E-state index in [0.29, 0.717) is 5.56 Å². The zero-order valence-corrected chi connectivity index (χ0v) is 16.6. The molecule has 8 nitrogen and oxygen atoms in total. The summed E-state index contributed by atoms with van der Waals surface area (Å²) < 4.78 is 10.5. The molecule has 1 fully saturated rings. The number of likely N-dealkylation sites (tertiary alicyclic amines) is 1. The Labute approximate surface area is 169 Å². The third kappa shape index (κ3) is 4.48. The number of hydrogen-bond acceptors (Lipinski definition) is 6. The van der Waals surface area contributed by atoms with Crippen LogP contribution in [0.4, 0.5) is 5.69 Å². The summed E-state index contributed by atoms with van der Waals surface area (Å²) in [5.74, 6) is 1.69. The van der Waals surface area contributed by atoms with E-state index in [0.717, 1.165) is 61.1 Å². The van der Waals surface area contributed by atoms with E-state index in [1.165, 1.54) is 0 Å². The lowest BCUT2D eigenvalue weighted by Gasteiger charge is -2.31. The maximum Gasteiger partial charge on any atom is 0.255 e. The third-order valence-corrected chi connectivity index (χ3v) is 5.24. The van der Waals surface area contributed by atoms with Crippen molar-refractivity contribution < 1.29 is 14.1 Å². The second-order valence-corrected chi connectivity index (χ2v) is 7.39. The molecule has 2 N–H and O–H groups in total. The molecule has 8 heteroatoms. The monoisotopic (exact) mass is 395 g/mol. The number of aromatic nitrogens is 3. The highest BCUT2D eigenvalue weighted by Crippen LogP contribution is 2.31. The standard InChI is InChI=1S/C21H25N5O3/c1-14-10-18(29-25-14)13-26-9-3-4-16(12-26)20-19(11-22-24-20)23-21(27)15-5-7-17(28-2)8-6-15/h5-8,10-11,16H,3-4,9,12-13H2,1-2H3,(H,22,24)(H,23,27)/t16-/m0/s1. The van der Waals surface area contributed by atoms with E-state index >= 15 is 0 Å². The largest absolute Gasteiger partial charge is 0.497 e. The predicted octanol–water partition coefficient (Wildman–Crippen LogP) is 3.35. The number of rotatable bonds is 6. The molecule has 1 aromatic carbocycles. The number of hydrogen-bond donors (Lipinski definition) is 2. The fourth-order valence-corrected chi connectivity index (χ4v) is 3.79. The number of benzene rings is 1. The minimum atomic E-state index is -0.167. The highest BCUT2D eigenvalue weighted by molar-refractivity contribution is 6.04. The number of nitrogens with zero attached hydrogens (tertiary/aromatic N) is 3. The Balaban J connectivity index is 1.43. The molecular formula is C21H25N5O3. The van der Waals surface area contributed by atoms with Crippen molar-refractivity contribution in [1.29, 1.82) is 0 Å². The van der Waals surface area contributed by atoms with Crippen LogP contribution in [0, 0.1) is 6.92 Å². The Hall–Kier alpha value is -3.13. The summed E-state index contributed by atoms with van der Waals surface area (Å²) in [6, 6.07) is 9.01. The first-order valence-electron chi connectivity index (χ1n) is 9.75. The average molecular weight is 395 g/mol. The summed E-state index contributed by atoms with van der Waals surface area (Å²) >= 11 is 0. The van der Waals surface area contributed by atoms with Crippen LogP contribution in [-0.2, 0) is 6.54 Å². The van der Waals surface area contributed by atoms with E-state index in [1.807, 2.05) is 13.0 Å². The molecule has 0 radical (unpaired) electrons. The van der Waals surface area contributed by atoms with Gasteiger partial charge in [-0.05, 0) is 50.6 Å². The number of aromatic amines is 1. The Bertz CT molecular complexity index is 963. The molecule has 2 aromatic heterocycles. The van der Waals surface area contributed by atoms with Gasteiger partial charge in [-0.3, -0.25) is 14.8 Å². The molecule has 3 heterocycles. The Morgan fingerprint density at radius 1 is 1.38 bits per heavy atom. The summed E-state index contributed by atoms with van der Waals surface area (Å²) in [5.41, 5.74) is 3.16. The van der Waals surface area contributed by atoms with Crippen LogP contribution in [0.1, 0.15) is 46.3 Å². The molecule has 1 aliphatic rings. The minimum absolute atomic E-state index is 0.167. The van der Waals surface area contributed by atoms with Gasteiger partial charge in [-0.25, -0.2) is 0 Å². The topological polar surface area (TPSA) is 96.3 Å². The number of amides is 1. The van der Waals surface area contributed by atoms with Crippen LogP contribution >= 0.6 is 0 Å². The van der Waals surface area contributed by atoms with E-state index in [-0.39, 0.29) is 11.8 Å². The van der Waals surface area contributed by atoms with E-state index in [1.54, 1.807) is 37.6 Å². The molecule has 0 aliphatic carbocycles. The smallest absolute Gasteiger partial charge is 0.255 e. The number of nitrogens with one attached hydrogen (secondary N) is 2. The maximum absolute atomic E-state index is 12.6.